The third-order valence-corrected chi connectivity index (χ3v) is 6.98. The van der Waals surface area contributed by atoms with E-state index in [1.807, 2.05) is 13.8 Å². The lowest BCUT2D eigenvalue weighted by molar-refractivity contribution is 0.0138. The van der Waals surface area contributed by atoms with Crippen molar-refractivity contribution in [3.63, 3.8) is 0 Å². The molecule has 1 atom stereocenters. The van der Waals surface area contributed by atoms with Crippen LogP contribution in [0.2, 0.25) is 0 Å². The van der Waals surface area contributed by atoms with E-state index >= 15 is 0 Å². The highest BCUT2D eigenvalue weighted by Crippen LogP contribution is 2.26. The molecule has 2 rings (SSSR count). The molecule has 0 saturated carbocycles. The second-order valence-corrected chi connectivity index (χ2v) is 10.3. The molecule has 9 heteroatoms. The van der Waals surface area contributed by atoms with Crippen molar-refractivity contribution in [3.8, 4) is 0 Å². The monoisotopic (exact) mass is 442 g/mol. The summed E-state index contributed by atoms with van der Waals surface area (Å²) >= 11 is 0. The first kappa shape index (κ1) is 23.5. The molecule has 0 aliphatic rings. The van der Waals surface area contributed by atoms with Gasteiger partial charge in [-0.05, 0) is 39.0 Å². The van der Waals surface area contributed by atoms with E-state index in [0.29, 0.717) is 5.56 Å². The second kappa shape index (κ2) is 9.82. The zero-order chi connectivity index (χ0) is 21.7. The van der Waals surface area contributed by atoms with Gasteiger partial charge in [0.05, 0.1) is 41.5 Å². The lowest BCUT2D eigenvalue weighted by Gasteiger charge is -2.17. The minimum Gasteiger partial charge on any atom is -0.378 e. The van der Waals surface area contributed by atoms with Crippen LogP contribution in [-0.2, 0) is 29.4 Å². The molecule has 0 spiro atoms. The van der Waals surface area contributed by atoms with Crippen LogP contribution >= 0.6 is 0 Å². The van der Waals surface area contributed by atoms with Gasteiger partial charge < -0.3 is 9.47 Å². The summed E-state index contributed by atoms with van der Waals surface area (Å²) in [5, 5.41) is 0. The summed E-state index contributed by atoms with van der Waals surface area (Å²) in [5.41, 5.74) is 2.17. The smallest absolute Gasteiger partial charge is 0.294 e. The van der Waals surface area contributed by atoms with E-state index in [-0.39, 0.29) is 35.4 Å². The van der Waals surface area contributed by atoms with Crippen molar-refractivity contribution in [2.45, 2.75) is 36.7 Å². The second-order valence-electron chi connectivity index (χ2n) is 6.77. The normalized spacial score (nSPS) is 13.4. The minimum atomic E-state index is -4.36. The van der Waals surface area contributed by atoms with Crippen LogP contribution in [0.15, 0.2) is 52.3 Å². The molecule has 1 unspecified atom stereocenters. The van der Waals surface area contributed by atoms with Gasteiger partial charge in [-0.2, -0.15) is 8.42 Å². The highest BCUT2D eigenvalue weighted by Gasteiger charge is 2.20. The summed E-state index contributed by atoms with van der Waals surface area (Å²) in [6, 6.07) is 11.2. The van der Waals surface area contributed by atoms with Gasteiger partial charge in [-0.15, -0.1) is 0 Å². The number of aryl methyl sites for hydroxylation is 2. The Labute approximate surface area is 172 Å². The summed E-state index contributed by atoms with van der Waals surface area (Å²) in [7, 11) is -7.77. The van der Waals surface area contributed by atoms with Gasteiger partial charge in [0.25, 0.3) is 10.1 Å². The van der Waals surface area contributed by atoms with Crippen molar-refractivity contribution in [2.75, 3.05) is 25.6 Å². The molecule has 0 heterocycles. The maximum Gasteiger partial charge on any atom is 0.294 e. The van der Waals surface area contributed by atoms with Gasteiger partial charge >= 0.3 is 0 Å². The molecule has 1 N–H and O–H groups in total. The van der Waals surface area contributed by atoms with Crippen LogP contribution in [0.3, 0.4) is 0 Å². The van der Waals surface area contributed by atoms with E-state index in [2.05, 4.69) is 0 Å². The number of ether oxygens (including phenoxy) is 2. The lowest BCUT2D eigenvalue weighted by Crippen LogP contribution is -2.16. The largest absolute Gasteiger partial charge is 0.378 e. The van der Waals surface area contributed by atoms with Gasteiger partial charge in [0, 0.05) is 5.56 Å². The Morgan fingerprint density at radius 2 is 1.52 bits per heavy atom. The Hall–Kier alpha value is -1.78. The van der Waals surface area contributed by atoms with Crippen molar-refractivity contribution in [3.05, 3.63) is 59.2 Å². The zero-order valence-corrected chi connectivity index (χ0v) is 18.3. The highest BCUT2D eigenvalue weighted by molar-refractivity contribution is 7.91. The van der Waals surface area contributed by atoms with Gasteiger partial charge in [-0.1, -0.05) is 35.4 Å². The maximum absolute atomic E-state index is 12.2. The molecule has 2 aromatic rings. The molecule has 0 saturated heterocycles. The molecule has 0 fully saturated rings. The fraction of sp³-hybridized carbons (Fsp3) is 0.400. The van der Waals surface area contributed by atoms with Crippen molar-refractivity contribution >= 4 is 20.0 Å². The molecule has 7 nitrogen and oxygen atoms in total. The molecule has 0 radical (unpaired) electrons. The van der Waals surface area contributed by atoms with Gasteiger partial charge in [-0.3, -0.25) is 4.55 Å². The number of sulfone groups is 1. The average Bonchev–Trinajstić information content (AvgIpc) is 2.63. The van der Waals surface area contributed by atoms with E-state index in [1.54, 1.807) is 43.3 Å². The first-order valence-electron chi connectivity index (χ1n) is 9.07. The molecule has 0 bridgehead atoms. The summed E-state index contributed by atoms with van der Waals surface area (Å²) in [6.45, 7) is 5.68. The lowest BCUT2D eigenvalue weighted by atomic mass is 10.1. The molecule has 29 heavy (non-hydrogen) atoms. The van der Waals surface area contributed by atoms with E-state index in [1.165, 1.54) is 6.07 Å². The Morgan fingerprint density at radius 1 is 0.897 bits per heavy atom. The third-order valence-electron chi connectivity index (χ3n) is 4.35. The van der Waals surface area contributed by atoms with E-state index in [4.69, 9.17) is 9.47 Å². The van der Waals surface area contributed by atoms with Gasteiger partial charge in [-0.25, -0.2) is 8.42 Å². The molecule has 160 valence electrons. The average molecular weight is 443 g/mol. The number of hydrogen-bond donors (Lipinski definition) is 1. The molecule has 0 aromatic heterocycles. The van der Waals surface area contributed by atoms with Crippen LogP contribution < -0.4 is 0 Å². The number of rotatable bonds is 10. The van der Waals surface area contributed by atoms with Gasteiger partial charge in [0.2, 0.25) is 0 Å². The van der Waals surface area contributed by atoms with Crippen LogP contribution in [0, 0.1) is 13.8 Å². The summed E-state index contributed by atoms with van der Waals surface area (Å²) < 4.78 is 67.9. The standard InChI is InChI=1S/C20H26O7S2/c1-15-4-7-18(8-5-15)28(21,22)13-12-26-10-11-27-17(3)19-14-16(2)6-9-20(19)29(23,24)25/h4-9,14,17H,10-13H2,1-3H3,(H,23,24,25). The molecular formula is C20H26O7S2. The van der Waals surface area contributed by atoms with E-state index in [0.717, 1.165) is 11.1 Å². The van der Waals surface area contributed by atoms with Gasteiger partial charge in [0.1, 0.15) is 0 Å². The zero-order valence-electron chi connectivity index (χ0n) is 16.7. The molecule has 2 aromatic carbocycles. The predicted octanol–water partition coefficient (Wildman–Crippen LogP) is 3.12. The molecule has 0 amide bonds. The molecule has 0 aliphatic heterocycles. The van der Waals surface area contributed by atoms with Crippen molar-refractivity contribution < 1.29 is 30.9 Å². The Balaban J connectivity index is 1.83. The van der Waals surface area contributed by atoms with Crippen LogP contribution in [0.25, 0.3) is 0 Å². The van der Waals surface area contributed by atoms with Crippen LogP contribution in [-0.4, -0.2) is 47.0 Å². The Morgan fingerprint density at radius 3 is 2.14 bits per heavy atom. The highest BCUT2D eigenvalue weighted by atomic mass is 32.2. The van der Waals surface area contributed by atoms with Crippen molar-refractivity contribution in [2.24, 2.45) is 0 Å². The fourth-order valence-electron chi connectivity index (χ4n) is 2.73. The van der Waals surface area contributed by atoms with Crippen LogP contribution in [0.4, 0.5) is 0 Å². The Bertz CT molecular complexity index is 1030. The van der Waals surface area contributed by atoms with E-state index in [9.17, 15) is 21.4 Å². The molecular weight excluding hydrogens is 416 g/mol. The third kappa shape index (κ3) is 6.90. The van der Waals surface area contributed by atoms with Crippen molar-refractivity contribution in [1.82, 2.24) is 0 Å². The first-order valence-corrected chi connectivity index (χ1v) is 12.2. The predicted molar refractivity (Wildman–Crippen MR) is 109 cm³/mol. The SMILES string of the molecule is Cc1ccc(S(=O)(=O)CCOCCOC(C)c2cc(C)ccc2S(=O)(=O)O)cc1. The minimum absolute atomic E-state index is 0.0225. The maximum atomic E-state index is 12.2. The number of benzene rings is 2. The van der Waals surface area contributed by atoms with Gasteiger partial charge in [0.15, 0.2) is 9.84 Å². The quantitative estimate of drug-likeness (QED) is 0.445. The number of hydrogen-bond acceptors (Lipinski definition) is 6. The summed E-state index contributed by atoms with van der Waals surface area (Å²) in [6.07, 6.45) is -0.591. The first-order chi connectivity index (χ1) is 13.5. The van der Waals surface area contributed by atoms with Crippen molar-refractivity contribution in [1.29, 1.82) is 0 Å². The van der Waals surface area contributed by atoms with Crippen LogP contribution in [0.5, 0.6) is 0 Å². The fourth-order valence-corrected chi connectivity index (χ4v) is 4.61. The van der Waals surface area contributed by atoms with E-state index < -0.39 is 26.1 Å². The summed E-state index contributed by atoms with van der Waals surface area (Å²) in [4.78, 5) is 0.0643. The van der Waals surface area contributed by atoms with Crippen LogP contribution in [0.1, 0.15) is 29.7 Å². The Kier molecular flexibility index (Phi) is 7.95. The topological polar surface area (TPSA) is 107 Å². The summed E-state index contributed by atoms with van der Waals surface area (Å²) in [5.74, 6) is -0.142. The molecule has 0 aliphatic carbocycles.